The first-order valence-corrected chi connectivity index (χ1v) is 13.1. The van der Waals surface area contributed by atoms with Gasteiger partial charge in [0.2, 0.25) is 0 Å². The summed E-state index contributed by atoms with van der Waals surface area (Å²) >= 11 is 0. The maximum absolute atomic E-state index is 13.3. The molecular weight excluding hydrogens is 447 g/mol. The number of hydrogen-bond donors (Lipinski definition) is 0. The van der Waals surface area contributed by atoms with Crippen molar-refractivity contribution in [3.8, 4) is 0 Å². The summed E-state index contributed by atoms with van der Waals surface area (Å²) in [6.45, 7) is 4.64. The second-order valence-corrected chi connectivity index (χ2v) is 11.3. The molecule has 168 valence electrons. The molecule has 3 nitrogen and oxygen atoms in total. The largest absolute Gasteiger partial charge is 0.625 e. The van der Waals surface area contributed by atoms with Gasteiger partial charge in [0, 0.05) is 11.1 Å². The molecule has 0 saturated carbocycles. The molecule has 0 radical (unpaired) electrons. The van der Waals surface area contributed by atoms with Gasteiger partial charge in [-0.1, -0.05) is 74.5 Å². The quantitative estimate of drug-likeness (QED) is 0.228. The molecule has 2 heterocycles. The summed E-state index contributed by atoms with van der Waals surface area (Å²) in [6, 6.07) is 35.6. The Morgan fingerprint density at radius 2 is 1.46 bits per heavy atom. The standard InChI is InChI=1S/C31H23N2OP/c1-31(2)23-11-5-7-13-26(23)33(27-17-15-20-9-3-4-10-22(20)30(27)31)21-16-18-29-25(19-21)32-24-12-6-8-14-28(24)35(29)34/h3-19H,1-2H3. The molecule has 0 spiro atoms. The summed E-state index contributed by atoms with van der Waals surface area (Å²) in [5.41, 5.74) is 7.39. The summed E-state index contributed by atoms with van der Waals surface area (Å²) in [5.74, 6) is 0. The number of para-hydroxylation sites is 2. The van der Waals surface area contributed by atoms with Crippen LogP contribution in [-0.4, -0.2) is 4.98 Å². The van der Waals surface area contributed by atoms with Gasteiger partial charge >= 0.3 is 0 Å². The van der Waals surface area contributed by atoms with Crippen LogP contribution in [0.4, 0.5) is 17.1 Å². The average molecular weight is 471 g/mol. The summed E-state index contributed by atoms with van der Waals surface area (Å²) in [7, 11) is -1.66. The van der Waals surface area contributed by atoms with Crippen molar-refractivity contribution in [3.63, 3.8) is 0 Å². The van der Waals surface area contributed by atoms with Crippen LogP contribution >= 0.6 is 7.76 Å². The van der Waals surface area contributed by atoms with Gasteiger partial charge in [0.1, 0.15) is 18.8 Å². The molecule has 0 saturated heterocycles. The molecule has 7 rings (SSSR count). The Morgan fingerprint density at radius 1 is 0.714 bits per heavy atom. The van der Waals surface area contributed by atoms with Crippen molar-refractivity contribution in [1.29, 1.82) is 0 Å². The first kappa shape index (κ1) is 20.6. The van der Waals surface area contributed by atoms with Crippen LogP contribution in [0.5, 0.6) is 0 Å². The minimum Gasteiger partial charge on any atom is -0.625 e. The van der Waals surface area contributed by atoms with Crippen molar-refractivity contribution in [2.45, 2.75) is 19.3 Å². The Hall–Kier alpha value is -3.78. The smallest absolute Gasteiger partial charge is 0.171 e. The van der Waals surface area contributed by atoms with Gasteiger partial charge in [-0.15, -0.1) is 0 Å². The molecule has 0 N–H and O–H groups in total. The predicted molar refractivity (Wildman–Crippen MR) is 146 cm³/mol. The first-order chi connectivity index (χ1) is 17.0. The van der Waals surface area contributed by atoms with E-state index in [2.05, 4.69) is 91.5 Å². The van der Waals surface area contributed by atoms with E-state index in [0.29, 0.717) is 0 Å². The molecule has 6 aromatic rings. The van der Waals surface area contributed by atoms with E-state index in [1.807, 2.05) is 30.3 Å². The second-order valence-electron chi connectivity index (χ2n) is 9.73. The third-order valence-corrected chi connectivity index (χ3v) is 9.00. The molecule has 35 heavy (non-hydrogen) atoms. The van der Waals surface area contributed by atoms with Gasteiger partial charge in [-0.05, 0) is 64.4 Å². The Balaban J connectivity index is 1.55. The Morgan fingerprint density at radius 3 is 2.37 bits per heavy atom. The fraction of sp³-hybridized carbons (Fsp3) is 0.0968. The number of anilines is 3. The van der Waals surface area contributed by atoms with Gasteiger partial charge in [0.05, 0.1) is 11.4 Å². The van der Waals surface area contributed by atoms with Gasteiger partial charge in [0.15, 0.2) is 10.2 Å². The summed E-state index contributed by atoms with van der Waals surface area (Å²) in [6.07, 6.45) is 0. The number of nitrogens with zero attached hydrogens (tertiary/aromatic N) is 2. The van der Waals surface area contributed by atoms with Gasteiger partial charge in [-0.3, -0.25) is 0 Å². The predicted octanol–water partition coefficient (Wildman–Crippen LogP) is 8.04. The highest BCUT2D eigenvalue weighted by molar-refractivity contribution is 7.53. The second kappa shape index (κ2) is 7.36. The van der Waals surface area contributed by atoms with Crippen molar-refractivity contribution < 1.29 is 4.89 Å². The zero-order chi connectivity index (χ0) is 23.7. The Labute approximate surface area is 205 Å². The molecule has 1 aliphatic heterocycles. The minimum atomic E-state index is -1.66. The SMILES string of the molecule is CC1(C)c2ccccc2N(c2ccc3c(c2)nc2ccccc2[p+]3[O-])c2ccc3ccccc3c21. The van der Waals surface area contributed by atoms with Gasteiger partial charge in [0.25, 0.3) is 0 Å². The van der Waals surface area contributed by atoms with Gasteiger partial charge in [-0.2, -0.15) is 0 Å². The van der Waals surface area contributed by atoms with Crippen LogP contribution in [0.1, 0.15) is 25.0 Å². The van der Waals surface area contributed by atoms with Crippen LogP contribution in [0.15, 0.2) is 103 Å². The van der Waals surface area contributed by atoms with Crippen LogP contribution in [0.25, 0.3) is 32.0 Å². The molecule has 5 aromatic carbocycles. The van der Waals surface area contributed by atoms with Crippen LogP contribution in [0.3, 0.4) is 0 Å². The highest BCUT2D eigenvalue weighted by Crippen LogP contribution is 2.54. The molecule has 0 bridgehead atoms. The zero-order valence-corrected chi connectivity index (χ0v) is 20.5. The normalized spacial score (nSPS) is 14.8. The lowest BCUT2D eigenvalue weighted by Gasteiger charge is -2.42. The van der Waals surface area contributed by atoms with E-state index >= 15 is 0 Å². The molecule has 4 heteroatoms. The summed E-state index contributed by atoms with van der Waals surface area (Å²) < 4.78 is 0. The third kappa shape index (κ3) is 2.89. The lowest BCUT2D eigenvalue weighted by molar-refractivity contribution is -0.148. The fourth-order valence-corrected chi connectivity index (χ4v) is 7.09. The Kier molecular flexibility index (Phi) is 4.33. The van der Waals surface area contributed by atoms with E-state index in [1.54, 1.807) is 0 Å². The topological polar surface area (TPSA) is 39.2 Å². The van der Waals surface area contributed by atoms with E-state index in [9.17, 15) is 4.89 Å². The molecule has 1 aromatic heterocycles. The van der Waals surface area contributed by atoms with Crippen molar-refractivity contribution in [3.05, 3.63) is 114 Å². The monoisotopic (exact) mass is 470 g/mol. The maximum Gasteiger partial charge on any atom is 0.171 e. The Bertz CT molecular complexity index is 1810. The molecule has 1 unspecified atom stereocenters. The van der Waals surface area contributed by atoms with E-state index in [-0.39, 0.29) is 5.41 Å². The van der Waals surface area contributed by atoms with Crippen molar-refractivity contribution in [2.24, 2.45) is 0 Å². The summed E-state index contributed by atoms with van der Waals surface area (Å²) in [5, 5.41) is 4.12. The highest BCUT2D eigenvalue weighted by atomic mass is 31.1. The van der Waals surface area contributed by atoms with Crippen molar-refractivity contribution in [2.75, 3.05) is 4.90 Å². The molecule has 1 atom stereocenters. The van der Waals surface area contributed by atoms with E-state index in [4.69, 9.17) is 4.98 Å². The number of fused-ring (bicyclic) bond motifs is 6. The minimum absolute atomic E-state index is 0.163. The average Bonchev–Trinajstić information content (AvgIpc) is 2.88. The molecule has 0 aliphatic carbocycles. The molecule has 1 aliphatic rings. The number of aromatic nitrogens is 1. The zero-order valence-electron chi connectivity index (χ0n) is 19.6. The first-order valence-electron chi connectivity index (χ1n) is 11.9. The lowest BCUT2D eigenvalue weighted by Crippen LogP contribution is -2.30. The van der Waals surface area contributed by atoms with Gasteiger partial charge < -0.3 is 9.79 Å². The van der Waals surface area contributed by atoms with Crippen LogP contribution in [0.2, 0.25) is 0 Å². The maximum atomic E-state index is 13.3. The van der Waals surface area contributed by atoms with Crippen LogP contribution < -0.4 is 9.79 Å². The highest BCUT2D eigenvalue weighted by Gasteiger charge is 2.38. The number of hydrogen-bond acceptors (Lipinski definition) is 3. The van der Waals surface area contributed by atoms with Gasteiger partial charge in [-0.25, -0.2) is 4.98 Å². The lowest BCUT2D eigenvalue weighted by atomic mass is 9.72. The number of benzene rings is 5. The number of rotatable bonds is 1. The molecular formula is C31H23N2OP. The van der Waals surface area contributed by atoms with E-state index in [1.165, 1.54) is 33.3 Å². The molecule has 0 fully saturated rings. The van der Waals surface area contributed by atoms with E-state index in [0.717, 1.165) is 27.0 Å². The van der Waals surface area contributed by atoms with Crippen molar-refractivity contribution >= 4 is 56.9 Å². The molecule has 0 amide bonds. The third-order valence-electron chi connectivity index (χ3n) is 7.37. The fourth-order valence-electron chi connectivity index (χ4n) is 5.75. The summed E-state index contributed by atoms with van der Waals surface area (Å²) in [4.78, 5) is 20.5. The van der Waals surface area contributed by atoms with E-state index < -0.39 is 7.76 Å². The van der Waals surface area contributed by atoms with Crippen LogP contribution in [0, 0.1) is 0 Å². The van der Waals surface area contributed by atoms with Crippen LogP contribution in [-0.2, 0) is 5.41 Å². The van der Waals surface area contributed by atoms with Crippen molar-refractivity contribution in [1.82, 2.24) is 4.98 Å².